The van der Waals surface area contributed by atoms with Gasteiger partial charge in [0.1, 0.15) is 0 Å². The van der Waals surface area contributed by atoms with Crippen LogP contribution in [0.1, 0.15) is 71.1 Å². The van der Waals surface area contributed by atoms with Crippen LogP contribution < -0.4 is 0 Å². The lowest BCUT2D eigenvalue weighted by molar-refractivity contribution is 0.290. The molecular formula is C16H31N. The van der Waals surface area contributed by atoms with Crippen molar-refractivity contribution in [3.8, 4) is 0 Å². The quantitative estimate of drug-likeness (QED) is 0.390. The van der Waals surface area contributed by atoms with Crippen LogP contribution >= 0.6 is 0 Å². The van der Waals surface area contributed by atoms with Crippen molar-refractivity contribution in [3.63, 3.8) is 0 Å². The van der Waals surface area contributed by atoms with Crippen LogP contribution in [0.5, 0.6) is 0 Å². The van der Waals surface area contributed by atoms with Crippen LogP contribution in [-0.4, -0.2) is 24.5 Å². The third-order valence-electron chi connectivity index (χ3n) is 3.72. The first kappa shape index (κ1) is 14.8. The van der Waals surface area contributed by atoms with Gasteiger partial charge in [0.25, 0.3) is 0 Å². The Labute approximate surface area is 108 Å². The molecule has 17 heavy (non-hydrogen) atoms. The summed E-state index contributed by atoms with van der Waals surface area (Å²) in [7, 11) is 0. The van der Waals surface area contributed by atoms with E-state index in [0.717, 1.165) is 0 Å². The molecule has 1 rings (SSSR count). The van der Waals surface area contributed by atoms with E-state index in [1.165, 1.54) is 83.8 Å². The van der Waals surface area contributed by atoms with Crippen molar-refractivity contribution < 1.29 is 0 Å². The Bertz CT molecular complexity index is 186. The molecule has 0 saturated carbocycles. The summed E-state index contributed by atoms with van der Waals surface area (Å²) in [6.07, 6.45) is 18.8. The minimum atomic E-state index is 1.19. The van der Waals surface area contributed by atoms with Crippen LogP contribution in [0.4, 0.5) is 0 Å². The molecule has 100 valence electrons. The van der Waals surface area contributed by atoms with E-state index in [2.05, 4.69) is 24.0 Å². The van der Waals surface area contributed by atoms with Crippen molar-refractivity contribution in [2.75, 3.05) is 19.6 Å². The van der Waals surface area contributed by atoms with Gasteiger partial charge >= 0.3 is 0 Å². The highest BCUT2D eigenvalue weighted by molar-refractivity contribution is 4.90. The molecule has 0 aromatic rings. The molecule has 0 N–H and O–H groups in total. The Morgan fingerprint density at radius 1 is 0.824 bits per heavy atom. The average molecular weight is 237 g/mol. The lowest BCUT2D eigenvalue weighted by Gasteiger charge is -2.22. The zero-order valence-electron chi connectivity index (χ0n) is 11.8. The minimum Gasteiger partial charge on any atom is -0.299 e. The fourth-order valence-corrected chi connectivity index (χ4v) is 2.54. The van der Waals surface area contributed by atoms with Crippen molar-refractivity contribution in [3.05, 3.63) is 12.2 Å². The van der Waals surface area contributed by atoms with Crippen molar-refractivity contribution in [1.29, 1.82) is 0 Å². The van der Waals surface area contributed by atoms with Gasteiger partial charge in [0.05, 0.1) is 0 Å². The van der Waals surface area contributed by atoms with Gasteiger partial charge in [-0.1, -0.05) is 70.4 Å². The van der Waals surface area contributed by atoms with Gasteiger partial charge in [0.2, 0.25) is 0 Å². The van der Waals surface area contributed by atoms with Gasteiger partial charge in [0.15, 0.2) is 0 Å². The predicted octanol–water partition coefficient (Wildman–Crippen LogP) is 4.78. The molecule has 0 aliphatic carbocycles. The molecule has 0 spiro atoms. The second-order valence-electron chi connectivity index (χ2n) is 5.39. The third kappa shape index (κ3) is 8.43. The van der Waals surface area contributed by atoms with Crippen molar-refractivity contribution in [1.82, 2.24) is 4.90 Å². The highest BCUT2D eigenvalue weighted by atomic mass is 15.1. The zero-order chi connectivity index (χ0) is 12.2. The lowest BCUT2D eigenvalue weighted by Crippen LogP contribution is -2.28. The van der Waals surface area contributed by atoms with Gasteiger partial charge in [0, 0.05) is 13.1 Å². The highest BCUT2D eigenvalue weighted by Gasteiger charge is 2.04. The largest absolute Gasteiger partial charge is 0.299 e. The molecule has 0 amide bonds. The molecule has 1 aliphatic rings. The first-order valence-electron chi connectivity index (χ1n) is 7.81. The van der Waals surface area contributed by atoms with Gasteiger partial charge in [-0.05, 0) is 19.4 Å². The maximum absolute atomic E-state index is 2.58. The van der Waals surface area contributed by atoms with Crippen LogP contribution in [0.15, 0.2) is 12.2 Å². The second-order valence-corrected chi connectivity index (χ2v) is 5.39. The standard InChI is InChI=1S/C16H31N/c1-2-3-4-5-6-7-8-9-11-14-17-15-12-10-13-16-17/h10,12H,2-9,11,13-16H2,1H3. The van der Waals surface area contributed by atoms with E-state index in [4.69, 9.17) is 0 Å². The van der Waals surface area contributed by atoms with E-state index < -0.39 is 0 Å². The molecule has 1 heterocycles. The fourth-order valence-electron chi connectivity index (χ4n) is 2.54. The van der Waals surface area contributed by atoms with Gasteiger partial charge in [-0.2, -0.15) is 0 Å². The van der Waals surface area contributed by atoms with E-state index in [0.29, 0.717) is 0 Å². The summed E-state index contributed by atoms with van der Waals surface area (Å²) < 4.78 is 0. The summed E-state index contributed by atoms with van der Waals surface area (Å²) in [6.45, 7) is 6.08. The van der Waals surface area contributed by atoms with Crippen LogP contribution in [-0.2, 0) is 0 Å². The Balaban J connectivity index is 1.76. The number of hydrogen-bond donors (Lipinski definition) is 0. The first-order chi connectivity index (χ1) is 8.43. The van der Waals surface area contributed by atoms with Crippen molar-refractivity contribution >= 4 is 0 Å². The third-order valence-corrected chi connectivity index (χ3v) is 3.72. The van der Waals surface area contributed by atoms with Gasteiger partial charge in [-0.15, -0.1) is 0 Å². The highest BCUT2D eigenvalue weighted by Crippen LogP contribution is 2.10. The lowest BCUT2D eigenvalue weighted by atomic mass is 10.1. The van der Waals surface area contributed by atoms with Crippen molar-refractivity contribution in [2.45, 2.75) is 71.1 Å². The van der Waals surface area contributed by atoms with E-state index in [1.807, 2.05) is 0 Å². The topological polar surface area (TPSA) is 3.24 Å². The number of unbranched alkanes of at least 4 members (excludes halogenated alkanes) is 8. The molecular weight excluding hydrogens is 206 g/mol. The van der Waals surface area contributed by atoms with Gasteiger partial charge in [-0.3, -0.25) is 4.90 Å². The van der Waals surface area contributed by atoms with Gasteiger partial charge in [-0.25, -0.2) is 0 Å². The van der Waals surface area contributed by atoms with E-state index >= 15 is 0 Å². The summed E-state index contributed by atoms with van der Waals surface area (Å²) in [6, 6.07) is 0. The molecule has 0 bridgehead atoms. The van der Waals surface area contributed by atoms with E-state index in [1.54, 1.807) is 0 Å². The summed E-state index contributed by atoms with van der Waals surface area (Å²) in [5, 5.41) is 0. The number of hydrogen-bond acceptors (Lipinski definition) is 1. The maximum atomic E-state index is 2.58. The van der Waals surface area contributed by atoms with Crippen LogP contribution in [0, 0.1) is 0 Å². The summed E-state index contributed by atoms with van der Waals surface area (Å²) >= 11 is 0. The maximum Gasteiger partial charge on any atom is 0.0163 e. The Morgan fingerprint density at radius 2 is 1.47 bits per heavy atom. The second kappa shape index (κ2) is 10.8. The molecule has 0 atom stereocenters. The Hall–Kier alpha value is -0.300. The molecule has 0 fully saturated rings. The van der Waals surface area contributed by atoms with Crippen LogP contribution in [0.2, 0.25) is 0 Å². The fraction of sp³-hybridized carbons (Fsp3) is 0.875. The average Bonchev–Trinajstić information content (AvgIpc) is 2.38. The monoisotopic (exact) mass is 237 g/mol. The van der Waals surface area contributed by atoms with Crippen LogP contribution in [0.25, 0.3) is 0 Å². The molecule has 0 aromatic carbocycles. The first-order valence-corrected chi connectivity index (χ1v) is 7.81. The summed E-state index contributed by atoms with van der Waals surface area (Å²) in [4.78, 5) is 2.58. The molecule has 1 heteroatoms. The van der Waals surface area contributed by atoms with Crippen molar-refractivity contribution in [2.24, 2.45) is 0 Å². The number of nitrogens with zero attached hydrogens (tertiary/aromatic N) is 1. The summed E-state index contributed by atoms with van der Waals surface area (Å²) in [5.74, 6) is 0. The summed E-state index contributed by atoms with van der Waals surface area (Å²) in [5.41, 5.74) is 0. The molecule has 1 nitrogen and oxygen atoms in total. The normalized spacial score (nSPS) is 16.5. The smallest absolute Gasteiger partial charge is 0.0163 e. The predicted molar refractivity (Wildman–Crippen MR) is 77.4 cm³/mol. The molecule has 0 radical (unpaired) electrons. The zero-order valence-corrected chi connectivity index (χ0v) is 11.8. The molecule has 1 aliphatic heterocycles. The molecule has 0 aromatic heterocycles. The Morgan fingerprint density at radius 3 is 2.06 bits per heavy atom. The van der Waals surface area contributed by atoms with E-state index in [-0.39, 0.29) is 0 Å². The number of rotatable bonds is 10. The van der Waals surface area contributed by atoms with Crippen LogP contribution in [0.3, 0.4) is 0 Å². The minimum absolute atomic E-state index is 1.19. The van der Waals surface area contributed by atoms with Gasteiger partial charge < -0.3 is 0 Å². The molecule has 0 saturated heterocycles. The molecule has 0 unspecified atom stereocenters. The van der Waals surface area contributed by atoms with E-state index in [9.17, 15) is 0 Å². The SMILES string of the molecule is CCCCCCCCCCCN1CC=CCC1. The Kier molecular flexibility index (Phi) is 9.40.